The summed E-state index contributed by atoms with van der Waals surface area (Å²) in [6.45, 7) is 1.61. The van der Waals surface area contributed by atoms with Crippen LogP contribution in [-0.4, -0.2) is 12.6 Å². The van der Waals surface area contributed by atoms with Crippen molar-refractivity contribution in [3.05, 3.63) is 42.7 Å². The summed E-state index contributed by atoms with van der Waals surface area (Å²) in [5, 5.41) is 0. The van der Waals surface area contributed by atoms with E-state index in [2.05, 4.69) is 4.74 Å². The van der Waals surface area contributed by atoms with Crippen molar-refractivity contribution in [1.29, 1.82) is 0 Å². The zero-order chi connectivity index (χ0) is 10.2. The Morgan fingerprint density at radius 3 is 2.71 bits per heavy atom. The highest BCUT2D eigenvalue weighted by atomic mass is 16.5. The van der Waals surface area contributed by atoms with Gasteiger partial charge in [-0.05, 0) is 18.2 Å². The van der Waals surface area contributed by atoms with Crippen LogP contribution in [0.15, 0.2) is 42.7 Å². The number of esters is 1. The minimum Gasteiger partial charge on any atom is -0.465 e. The Morgan fingerprint density at radius 1 is 1.36 bits per heavy atom. The lowest BCUT2D eigenvalue weighted by molar-refractivity contribution is -0.139. The van der Waals surface area contributed by atoms with E-state index >= 15 is 0 Å². The minimum atomic E-state index is -0.297. The maximum absolute atomic E-state index is 10.4. The maximum Gasteiger partial charge on any atom is 0.302 e. The Labute approximate surface area is 83.0 Å². The van der Waals surface area contributed by atoms with Crippen LogP contribution in [0.4, 0.5) is 0 Å². The summed E-state index contributed by atoms with van der Waals surface area (Å²) >= 11 is 0. The molecule has 0 radical (unpaired) electrons. The number of carbonyl (C=O) groups is 1. The number of para-hydroxylation sites is 1. The van der Waals surface area contributed by atoms with Crippen LogP contribution in [0.2, 0.25) is 0 Å². The van der Waals surface area contributed by atoms with E-state index in [1.165, 1.54) is 13.2 Å². The van der Waals surface area contributed by atoms with Crippen LogP contribution in [0.5, 0.6) is 5.75 Å². The van der Waals surface area contributed by atoms with E-state index in [-0.39, 0.29) is 12.6 Å². The molecular weight excluding hydrogens is 180 g/mol. The predicted molar refractivity (Wildman–Crippen MR) is 52.8 cm³/mol. The first-order valence-electron chi connectivity index (χ1n) is 4.29. The van der Waals surface area contributed by atoms with Gasteiger partial charge < -0.3 is 9.47 Å². The summed E-state index contributed by atoms with van der Waals surface area (Å²) in [6.07, 6.45) is 3.13. The van der Waals surface area contributed by atoms with Crippen molar-refractivity contribution in [3.8, 4) is 5.75 Å². The highest BCUT2D eigenvalue weighted by Gasteiger charge is 1.88. The molecule has 0 saturated heterocycles. The number of benzene rings is 1. The van der Waals surface area contributed by atoms with Crippen molar-refractivity contribution in [2.75, 3.05) is 6.61 Å². The molecule has 0 aromatic heterocycles. The van der Waals surface area contributed by atoms with Crippen molar-refractivity contribution in [3.63, 3.8) is 0 Å². The van der Waals surface area contributed by atoms with Crippen molar-refractivity contribution in [1.82, 2.24) is 0 Å². The van der Waals surface area contributed by atoms with Crippen LogP contribution < -0.4 is 4.74 Å². The van der Waals surface area contributed by atoms with E-state index in [1.807, 2.05) is 30.3 Å². The SMILES string of the molecule is CC(=O)OC/C=C/Oc1ccccc1. The second kappa shape index (κ2) is 5.80. The molecule has 0 spiro atoms. The van der Waals surface area contributed by atoms with Gasteiger partial charge in [0.2, 0.25) is 0 Å². The maximum atomic E-state index is 10.4. The molecule has 0 fully saturated rings. The van der Waals surface area contributed by atoms with Gasteiger partial charge in [-0.15, -0.1) is 0 Å². The molecule has 74 valence electrons. The van der Waals surface area contributed by atoms with Gasteiger partial charge >= 0.3 is 5.97 Å². The normalized spacial score (nSPS) is 10.1. The highest BCUT2D eigenvalue weighted by molar-refractivity contribution is 5.65. The van der Waals surface area contributed by atoms with Gasteiger partial charge in [-0.3, -0.25) is 4.79 Å². The third kappa shape index (κ3) is 4.30. The number of ether oxygens (including phenoxy) is 2. The Hall–Kier alpha value is -1.77. The van der Waals surface area contributed by atoms with E-state index in [9.17, 15) is 4.79 Å². The quantitative estimate of drug-likeness (QED) is 0.541. The van der Waals surface area contributed by atoms with Crippen LogP contribution in [0, 0.1) is 0 Å². The van der Waals surface area contributed by atoms with E-state index in [0.717, 1.165) is 5.75 Å². The van der Waals surface area contributed by atoms with Gasteiger partial charge in [-0.2, -0.15) is 0 Å². The first-order valence-corrected chi connectivity index (χ1v) is 4.29. The molecule has 3 heteroatoms. The monoisotopic (exact) mass is 192 g/mol. The molecule has 0 bridgehead atoms. The lowest BCUT2D eigenvalue weighted by Crippen LogP contribution is -1.97. The van der Waals surface area contributed by atoms with E-state index in [4.69, 9.17) is 4.74 Å². The first kappa shape index (κ1) is 10.3. The van der Waals surface area contributed by atoms with Crippen LogP contribution in [-0.2, 0) is 9.53 Å². The number of hydrogen-bond acceptors (Lipinski definition) is 3. The van der Waals surface area contributed by atoms with Crippen molar-refractivity contribution >= 4 is 5.97 Å². The van der Waals surface area contributed by atoms with Crippen molar-refractivity contribution in [2.45, 2.75) is 6.92 Å². The van der Waals surface area contributed by atoms with Crippen LogP contribution in [0.3, 0.4) is 0 Å². The minimum absolute atomic E-state index is 0.238. The fourth-order valence-corrected chi connectivity index (χ4v) is 0.830. The summed E-state index contributed by atoms with van der Waals surface area (Å²) in [4.78, 5) is 10.4. The molecule has 0 heterocycles. The van der Waals surface area contributed by atoms with Crippen molar-refractivity contribution < 1.29 is 14.3 Å². The molecule has 0 atom stereocenters. The van der Waals surface area contributed by atoms with E-state index in [1.54, 1.807) is 6.08 Å². The zero-order valence-corrected chi connectivity index (χ0v) is 7.97. The van der Waals surface area contributed by atoms with Gasteiger partial charge in [0.25, 0.3) is 0 Å². The van der Waals surface area contributed by atoms with E-state index < -0.39 is 0 Å². The molecule has 14 heavy (non-hydrogen) atoms. The lowest BCUT2D eigenvalue weighted by atomic mass is 10.3. The van der Waals surface area contributed by atoms with Gasteiger partial charge in [0.05, 0.1) is 6.26 Å². The van der Waals surface area contributed by atoms with Gasteiger partial charge in [-0.25, -0.2) is 0 Å². The first-order chi connectivity index (χ1) is 6.79. The summed E-state index contributed by atoms with van der Waals surface area (Å²) in [5.74, 6) is 0.459. The summed E-state index contributed by atoms with van der Waals surface area (Å²) in [7, 11) is 0. The Kier molecular flexibility index (Phi) is 4.27. The summed E-state index contributed by atoms with van der Waals surface area (Å²) in [5.41, 5.74) is 0. The second-order valence-electron chi connectivity index (χ2n) is 2.61. The number of hydrogen-bond donors (Lipinski definition) is 0. The Morgan fingerprint density at radius 2 is 2.07 bits per heavy atom. The van der Waals surface area contributed by atoms with Gasteiger partial charge in [0.15, 0.2) is 0 Å². The van der Waals surface area contributed by atoms with Crippen LogP contribution in [0.1, 0.15) is 6.92 Å². The average molecular weight is 192 g/mol. The second-order valence-corrected chi connectivity index (χ2v) is 2.61. The largest absolute Gasteiger partial charge is 0.465 e. The topological polar surface area (TPSA) is 35.5 Å². The molecule has 0 aliphatic heterocycles. The summed E-state index contributed by atoms with van der Waals surface area (Å²) in [6, 6.07) is 9.37. The molecule has 1 aromatic carbocycles. The van der Waals surface area contributed by atoms with Gasteiger partial charge in [0.1, 0.15) is 12.4 Å². The molecule has 0 aliphatic carbocycles. The van der Waals surface area contributed by atoms with E-state index in [0.29, 0.717) is 0 Å². The van der Waals surface area contributed by atoms with Crippen molar-refractivity contribution in [2.24, 2.45) is 0 Å². The zero-order valence-electron chi connectivity index (χ0n) is 7.97. The molecule has 0 N–H and O–H groups in total. The molecule has 0 amide bonds. The third-order valence-electron chi connectivity index (χ3n) is 1.43. The Bertz CT molecular complexity index is 304. The average Bonchev–Trinajstić information content (AvgIpc) is 2.18. The van der Waals surface area contributed by atoms with Gasteiger partial charge in [0, 0.05) is 6.92 Å². The molecule has 3 nitrogen and oxygen atoms in total. The molecular formula is C11H12O3. The number of rotatable bonds is 4. The fraction of sp³-hybridized carbons (Fsp3) is 0.182. The summed E-state index contributed by atoms with van der Waals surface area (Å²) < 4.78 is 9.89. The fourth-order valence-electron chi connectivity index (χ4n) is 0.830. The van der Waals surface area contributed by atoms with Gasteiger partial charge in [-0.1, -0.05) is 18.2 Å². The molecule has 1 aromatic rings. The standard InChI is InChI=1S/C11H12O3/c1-10(12)13-8-5-9-14-11-6-3-2-4-7-11/h2-7,9H,8H2,1H3/b9-5+. The molecule has 1 rings (SSSR count). The number of carbonyl (C=O) groups excluding carboxylic acids is 1. The molecule has 0 unspecified atom stereocenters. The molecule has 0 saturated carbocycles. The van der Waals surface area contributed by atoms with Crippen LogP contribution in [0.25, 0.3) is 0 Å². The van der Waals surface area contributed by atoms with Crippen LogP contribution >= 0.6 is 0 Å². The predicted octanol–water partition coefficient (Wildman–Crippen LogP) is 2.14. The lowest BCUT2D eigenvalue weighted by Gasteiger charge is -1.98. The molecule has 0 aliphatic rings. The smallest absolute Gasteiger partial charge is 0.302 e. The third-order valence-corrected chi connectivity index (χ3v) is 1.43. The highest BCUT2D eigenvalue weighted by Crippen LogP contribution is 2.07. The Balaban J connectivity index is 2.24.